The fourth-order valence-corrected chi connectivity index (χ4v) is 2.77. The first-order valence-corrected chi connectivity index (χ1v) is 7.22. The molecule has 0 aromatic heterocycles. The van der Waals surface area contributed by atoms with Gasteiger partial charge in [0, 0.05) is 12.8 Å². The predicted molar refractivity (Wildman–Crippen MR) is 77.5 cm³/mol. The van der Waals surface area contributed by atoms with Crippen LogP contribution in [-0.2, 0) is 14.3 Å². The Morgan fingerprint density at radius 1 is 1.38 bits per heavy atom. The Labute approximate surface area is 124 Å². The molecule has 0 saturated carbocycles. The van der Waals surface area contributed by atoms with E-state index in [0.29, 0.717) is 17.9 Å². The van der Waals surface area contributed by atoms with Crippen molar-refractivity contribution in [1.29, 1.82) is 0 Å². The van der Waals surface area contributed by atoms with E-state index in [4.69, 9.17) is 9.47 Å². The van der Waals surface area contributed by atoms with Gasteiger partial charge < -0.3 is 20.1 Å². The number of ether oxygens (including phenoxy) is 2. The highest BCUT2D eigenvalue weighted by molar-refractivity contribution is 5.94. The normalized spacial score (nSPS) is 25.3. The molecule has 2 amide bonds. The molecule has 1 aliphatic heterocycles. The minimum Gasteiger partial charge on any atom is -0.460 e. The molecule has 2 aliphatic rings. The topological polar surface area (TPSA) is 76.7 Å². The summed E-state index contributed by atoms with van der Waals surface area (Å²) in [6, 6.07) is -0.556. The largest absolute Gasteiger partial charge is 0.460 e. The molecule has 6 nitrogen and oxygen atoms in total. The fourth-order valence-electron chi connectivity index (χ4n) is 2.77. The molecule has 0 unspecified atom stereocenters. The van der Waals surface area contributed by atoms with Crippen molar-refractivity contribution in [1.82, 2.24) is 10.6 Å². The standard InChI is InChI=1S/C15H22N2O4/c1-10-12(14(18)21-9-8-20-2)13(17-15(19)16-10)11-6-4-3-5-7-11/h3-4,11,13H,5-9H2,1-2H3,(H2,16,17,19)/t11-,13-/m1/s1. The Morgan fingerprint density at radius 3 is 2.86 bits per heavy atom. The molecule has 2 atom stereocenters. The molecule has 0 bridgehead atoms. The van der Waals surface area contributed by atoms with Gasteiger partial charge in [-0.1, -0.05) is 12.2 Å². The number of hydrogen-bond acceptors (Lipinski definition) is 4. The Hall–Kier alpha value is -1.82. The van der Waals surface area contributed by atoms with E-state index in [1.165, 1.54) is 0 Å². The van der Waals surface area contributed by atoms with Crippen LogP contribution in [0.5, 0.6) is 0 Å². The summed E-state index contributed by atoms with van der Waals surface area (Å²) in [7, 11) is 1.55. The molecule has 6 heteroatoms. The zero-order valence-corrected chi connectivity index (χ0v) is 12.5. The number of amides is 2. The number of esters is 1. The zero-order valence-electron chi connectivity index (χ0n) is 12.5. The highest BCUT2D eigenvalue weighted by atomic mass is 16.6. The van der Waals surface area contributed by atoms with Crippen LogP contribution < -0.4 is 10.6 Å². The average Bonchev–Trinajstić information content (AvgIpc) is 2.47. The van der Waals surface area contributed by atoms with E-state index in [2.05, 4.69) is 22.8 Å². The quantitative estimate of drug-likeness (QED) is 0.457. The molecule has 0 saturated heterocycles. The van der Waals surface area contributed by atoms with Gasteiger partial charge in [0.25, 0.3) is 0 Å². The van der Waals surface area contributed by atoms with Gasteiger partial charge >= 0.3 is 12.0 Å². The number of allylic oxidation sites excluding steroid dienone is 3. The van der Waals surface area contributed by atoms with E-state index < -0.39 is 5.97 Å². The summed E-state index contributed by atoms with van der Waals surface area (Å²) in [4.78, 5) is 24.0. The summed E-state index contributed by atoms with van der Waals surface area (Å²) in [5.41, 5.74) is 1.09. The maximum atomic E-state index is 12.3. The van der Waals surface area contributed by atoms with Crippen LogP contribution in [0.1, 0.15) is 26.2 Å². The minimum atomic E-state index is -0.392. The summed E-state index contributed by atoms with van der Waals surface area (Å²) in [6.07, 6.45) is 7.00. The summed E-state index contributed by atoms with van der Waals surface area (Å²) in [5.74, 6) is -0.169. The van der Waals surface area contributed by atoms with Gasteiger partial charge in [0.1, 0.15) is 6.61 Å². The second-order valence-electron chi connectivity index (χ2n) is 5.29. The molecule has 0 fully saturated rings. The Bertz CT molecular complexity index is 470. The molecule has 1 heterocycles. The number of nitrogens with one attached hydrogen (secondary N) is 2. The maximum absolute atomic E-state index is 12.3. The van der Waals surface area contributed by atoms with Crippen LogP contribution in [0.2, 0.25) is 0 Å². The van der Waals surface area contributed by atoms with E-state index in [9.17, 15) is 9.59 Å². The highest BCUT2D eigenvalue weighted by Gasteiger charge is 2.36. The number of carbonyl (C=O) groups is 2. The summed E-state index contributed by atoms with van der Waals surface area (Å²) >= 11 is 0. The van der Waals surface area contributed by atoms with Gasteiger partial charge in [-0.25, -0.2) is 9.59 Å². The first kappa shape index (κ1) is 15.6. The van der Waals surface area contributed by atoms with Crippen LogP contribution in [0, 0.1) is 5.92 Å². The van der Waals surface area contributed by atoms with Gasteiger partial charge in [0.15, 0.2) is 0 Å². The molecule has 0 radical (unpaired) electrons. The van der Waals surface area contributed by atoms with Crippen LogP contribution in [0.15, 0.2) is 23.4 Å². The Kier molecular flexibility index (Phi) is 5.38. The second-order valence-corrected chi connectivity index (χ2v) is 5.29. The van der Waals surface area contributed by atoms with Crippen LogP contribution in [0.3, 0.4) is 0 Å². The summed E-state index contributed by atoms with van der Waals surface area (Å²) in [5, 5.41) is 5.51. The van der Waals surface area contributed by atoms with E-state index in [1.807, 2.05) is 0 Å². The van der Waals surface area contributed by atoms with Crippen molar-refractivity contribution >= 4 is 12.0 Å². The number of carbonyl (C=O) groups excluding carboxylic acids is 2. The predicted octanol–water partition coefficient (Wildman–Crippen LogP) is 1.49. The number of rotatable bonds is 5. The Balaban J connectivity index is 2.15. The third-order valence-corrected chi connectivity index (χ3v) is 3.82. The summed E-state index contributed by atoms with van der Waals surface area (Å²) in [6.45, 7) is 2.29. The van der Waals surface area contributed by atoms with Crippen molar-refractivity contribution in [2.45, 2.75) is 32.2 Å². The first-order valence-electron chi connectivity index (χ1n) is 7.22. The van der Waals surface area contributed by atoms with Crippen LogP contribution in [0.25, 0.3) is 0 Å². The number of methoxy groups -OCH3 is 1. The van der Waals surface area contributed by atoms with Crippen molar-refractivity contribution in [3.8, 4) is 0 Å². The van der Waals surface area contributed by atoms with E-state index in [1.54, 1.807) is 14.0 Å². The fraction of sp³-hybridized carbons (Fsp3) is 0.600. The lowest BCUT2D eigenvalue weighted by atomic mass is 9.82. The van der Waals surface area contributed by atoms with Gasteiger partial charge in [-0.3, -0.25) is 0 Å². The van der Waals surface area contributed by atoms with Crippen molar-refractivity contribution < 1.29 is 19.1 Å². The van der Waals surface area contributed by atoms with Crippen LogP contribution in [-0.4, -0.2) is 38.4 Å². The minimum absolute atomic E-state index is 0.206. The first-order chi connectivity index (χ1) is 10.1. The molecular formula is C15H22N2O4. The van der Waals surface area contributed by atoms with E-state index in [0.717, 1.165) is 19.3 Å². The second kappa shape index (κ2) is 7.26. The smallest absolute Gasteiger partial charge is 0.337 e. The van der Waals surface area contributed by atoms with E-state index in [-0.39, 0.29) is 24.6 Å². The molecule has 0 spiro atoms. The molecule has 2 rings (SSSR count). The number of hydrogen-bond donors (Lipinski definition) is 2. The molecule has 21 heavy (non-hydrogen) atoms. The van der Waals surface area contributed by atoms with Gasteiger partial charge in [-0.05, 0) is 32.1 Å². The molecular weight excluding hydrogens is 272 g/mol. The Morgan fingerprint density at radius 2 is 2.19 bits per heavy atom. The summed E-state index contributed by atoms with van der Waals surface area (Å²) < 4.78 is 10.1. The van der Waals surface area contributed by atoms with Crippen molar-refractivity contribution in [3.63, 3.8) is 0 Å². The lowest BCUT2D eigenvalue weighted by molar-refractivity contribution is -0.141. The van der Waals surface area contributed by atoms with Gasteiger partial charge in [-0.2, -0.15) is 0 Å². The lowest BCUT2D eigenvalue weighted by Crippen LogP contribution is -2.53. The average molecular weight is 294 g/mol. The SMILES string of the molecule is COCCOC(=O)C1=C(C)NC(=O)N[C@@H]1[C@@H]1CC=CCC1. The zero-order chi connectivity index (χ0) is 15.2. The van der Waals surface area contributed by atoms with Gasteiger partial charge in [0.05, 0.1) is 18.2 Å². The monoisotopic (exact) mass is 294 g/mol. The molecule has 116 valence electrons. The molecule has 2 N–H and O–H groups in total. The highest BCUT2D eigenvalue weighted by Crippen LogP contribution is 2.29. The van der Waals surface area contributed by atoms with E-state index >= 15 is 0 Å². The third kappa shape index (κ3) is 3.85. The lowest BCUT2D eigenvalue weighted by Gasteiger charge is -2.34. The van der Waals surface area contributed by atoms with Crippen LogP contribution in [0.4, 0.5) is 4.79 Å². The molecule has 0 aromatic rings. The van der Waals surface area contributed by atoms with Crippen molar-refractivity contribution in [3.05, 3.63) is 23.4 Å². The van der Waals surface area contributed by atoms with Gasteiger partial charge in [0.2, 0.25) is 0 Å². The molecule has 1 aliphatic carbocycles. The van der Waals surface area contributed by atoms with Crippen LogP contribution >= 0.6 is 0 Å². The molecule has 0 aromatic carbocycles. The van der Waals surface area contributed by atoms with Crippen molar-refractivity contribution in [2.24, 2.45) is 5.92 Å². The van der Waals surface area contributed by atoms with Gasteiger partial charge in [-0.15, -0.1) is 0 Å². The maximum Gasteiger partial charge on any atom is 0.337 e. The van der Waals surface area contributed by atoms with Crippen molar-refractivity contribution in [2.75, 3.05) is 20.3 Å². The number of urea groups is 1. The third-order valence-electron chi connectivity index (χ3n) is 3.82.